The summed E-state index contributed by atoms with van der Waals surface area (Å²) in [5, 5.41) is 7.85. The van der Waals surface area contributed by atoms with Crippen LogP contribution in [0.2, 0.25) is 5.15 Å². The van der Waals surface area contributed by atoms with Gasteiger partial charge in [-0.15, -0.1) is 0 Å². The van der Waals surface area contributed by atoms with Gasteiger partial charge in [-0.05, 0) is 24.6 Å². The molecule has 0 saturated heterocycles. The lowest BCUT2D eigenvalue weighted by molar-refractivity contribution is 0.591. The smallest absolute Gasteiger partial charge is 0.131 e. The van der Waals surface area contributed by atoms with Gasteiger partial charge in [0.15, 0.2) is 0 Å². The minimum Gasteiger partial charge on any atom is -0.370 e. The van der Waals surface area contributed by atoms with Crippen LogP contribution in [0.3, 0.4) is 0 Å². The number of halogens is 1. The Labute approximate surface area is 99.3 Å². The molecule has 4 nitrogen and oxygen atoms in total. The van der Waals surface area contributed by atoms with E-state index in [1.54, 1.807) is 12.3 Å². The summed E-state index contributed by atoms with van der Waals surface area (Å²) in [7, 11) is 0. The summed E-state index contributed by atoms with van der Waals surface area (Å²) in [4.78, 5) is 4.14. The zero-order valence-corrected chi connectivity index (χ0v) is 9.56. The summed E-state index contributed by atoms with van der Waals surface area (Å²) in [5.74, 6) is 0.813. The largest absolute Gasteiger partial charge is 0.370 e. The molecule has 1 N–H and O–H groups in total. The highest BCUT2D eigenvalue weighted by Crippen LogP contribution is 2.08. The van der Waals surface area contributed by atoms with E-state index in [0.29, 0.717) is 5.15 Å². The van der Waals surface area contributed by atoms with Gasteiger partial charge >= 0.3 is 0 Å². The third kappa shape index (κ3) is 3.24. The molecule has 0 aliphatic heterocycles. The number of pyridine rings is 1. The Morgan fingerprint density at radius 3 is 3.00 bits per heavy atom. The first-order valence-corrected chi connectivity index (χ1v) is 5.56. The number of hydrogen-bond acceptors (Lipinski definition) is 3. The monoisotopic (exact) mass is 236 g/mol. The highest BCUT2D eigenvalue weighted by atomic mass is 35.5. The van der Waals surface area contributed by atoms with Crippen molar-refractivity contribution >= 4 is 17.4 Å². The van der Waals surface area contributed by atoms with Gasteiger partial charge < -0.3 is 5.32 Å². The molecule has 0 atom stereocenters. The van der Waals surface area contributed by atoms with Crippen LogP contribution >= 0.6 is 11.6 Å². The van der Waals surface area contributed by atoms with E-state index in [0.717, 1.165) is 25.3 Å². The number of aromatic nitrogens is 3. The Morgan fingerprint density at radius 1 is 1.31 bits per heavy atom. The van der Waals surface area contributed by atoms with Crippen molar-refractivity contribution in [2.45, 2.75) is 13.0 Å². The van der Waals surface area contributed by atoms with E-state index in [-0.39, 0.29) is 0 Å². The van der Waals surface area contributed by atoms with Gasteiger partial charge in [-0.3, -0.25) is 4.68 Å². The van der Waals surface area contributed by atoms with Gasteiger partial charge in [-0.25, -0.2) is 4.98 Å². The fourth-order valence-corrected chi connectivity index (χ4v) is 1.56. The van der Waals surface area contributed by atoms with Crippen LogP contribution in [0.15, 0.2) is 36.7 Å². The van der Waals surface area contributed by atoms with Crippen LogP contribution in [0.25, 0.3) is 0 Å². The molecule has 0 amide bonds. The lowest BCUT2D eigenvalue weighted by Gasteiger charge is -2.05. The zero-order valence-electron chi connectivity index (χ0n) is 8.81. The highest BCUT2D eigenvalue weighted by Gasteiger charge is 1.95. The summed E-state index contributed by atoms with van der Waals surface area (Å²) >= 11 is 5.77. The van der Waals surface area contributed by atoms with Crippen LogP contribution in [0.1, 0.15) is 6.42 Å². The topological polar surface area (TPSA) is 42.7 Å². The van der Waals surface area contributed by atoms with Crippen LogP contribution in [-0.4, -0.2) is 21.3 Å². The maximum absolute atomic E-state index is 5.77. The minimum absolute atomic E-state index is 0.511. The number of nitrogens with one attached hydrogen (secondary N) is 1. The lowest BCUT2D eigenvalue weighted by Crippen LogP contribution is -2.07. The third-order valence-corrected chi connectivity index (χ3v) is 2.35. The summed E-state index contributed by atoms with van der Waals surface area (Å²) in [5.41, 5.74) is 0. The molecule has 2 aromatic heterocycles. The van der Waals surface area contributed by atoms with Crippen molar-refractivity contribution in [2.75, 3.05) is 11.9 Å². The van der Waals surface area contributed by atoms with E-state index < -0.39 is 0 Å². The number of aryl methyl sites for hydroxylation is 1. The van der Waals surface area contributed by atoms with Gasteiger partial charge in [0, 0.05) is 25.5 Å². The molecule has 16 heavy (non-hydrogen) atoms. The lowest BCUT2D eigenvalue weighted by atomic mass is 10.4. The molecule has 2 aromatic rings. The van der Waals surface area contributed by atoms with Crippen LogP contribution in [-0.2, 0) is 6.54 Å². The molecule has 2 rings (SSSR count). The van der Waals surface area contributed by atoms with Crippen molar-refractivity contribution in [1.29, 1.82) is 0 Å². The van der Waals surface area contributed by atoms with Gasteiger partial charge in [0.2, 0.25) is 0 Å². The first kappa shape index (κ1) is 11.0. The molecule has 0 bridgehead atoms. The fourth-order valence-electron chi connectivity index (χ4n) is 1.40. The molecule has 2 heterocycles. The standard InChI is InChI=1S/C11H13ClN4/c12-10-4-1-5-11(15-10)13-6-2-8-16-9-3-7-14-16/h1,3-5,7,9H,2,6,8H2,(H,13,15). The molecule has 0 aromatic carbocycles. The van der Waals surface area contributed by atoms with E-state index in [1.165, 1.54) is 0 Å². The Kier molecular flexibility index (Phi) is 3.77. The second-order valence-electron chi connectivity index (χ2n) is 3.40. The van der Waals surface area contributed by atoms with Gasteiger partial charge in [0.05, 0.1) is 0 Å². The van der Waals surface area contributed by atoms with Crippen molar-refractivity contribution in [3.63, 3.8) is 0 Å². The Morgan fingerprint density at radius 2 is 2.25 bits per heavy atom. The van der Waals surface area contributed by atoms with Crippen molar-refractivity contribution in [2.24, 2.45) is 0 Å². The van der Waals surface area contributed by atoms with Gasteiger partial charge in [0.1, 0.15) is 11.0 Å². The molecule has 0 fully saturated rings. The molecule has 0 aliphatic rings. The second kappa shape index (κ2) is 5.51. The van der Waals surface area contributed by atoms with Crippen molar-refractivity contribution in [3.05, 3.63) is 41.8 Å². The number of hydrogen-bond donors (Lipinski definition) is 1. The quantitative estimate of drug-likeness (QED) is 0.641. The predicted octanol–water partition coefficient (Wildman–Crippen LogP) is 2.43. The minimum atomic E-state index is 0.511. The maximum Gasteiger partial charge on any atom is 0.131 e. The molecular formula is C11H13ClN4. The third-order valence-electron chi connectivity index (χ3n) is 2.14. The summed E-state index contributed by atoms with van der Waals surface area (Å²) in [6.07, 6.45) is 4.74. The van der Waals surface area contributed by atoms with Crippen LogP contribution < -0.4 is 5.32 Å². The first-order valence-electron chi connectivity index (χ1n) is 5.18. The molecule has 84 valence electrons. The number of nitrogens with zero attached hydrogens (tertiary/aromatic N) is 3. The van der Waals surface area contributed by atoms with Crippen molar-refractivity contribution < 1.29 is 0 Å². The van der Waals surface area contributed by atoms with E-state index >= 15 is 0 Å². The van der Waals surface area contributed by atoms with Crippen molar-refractivity contribution in [1.82, 2.24) is 14.8 Å². The van der Waals surface area contributed by atoms with E-state index in [4.69, 9.17) is 11.6 Å². The van der Waals surface area contributed by atoms with Crippen LogP contribution in [0.5, 0.6) is 0 Å². The highest BCUT2D eigenvalue weighted by molar-refractivity contribution is 6.29. The molecule has 0 aliphatic carbocycles. The second-order valence-corrected chi connectivity index (χ2v) is 3.78. The van der Waals surface area contributed by atoms with E-state index in [9.17, 15) is 0 Å². The summed E-state index contributed by atoms with van der Waals surface area (Å²) in [6, 6.07) is 7.47. The molecule has 5 heteroatoms. The Bertz CT molecular complexity index is 427. The number of anilines is 1. The Hall–Kier alpha value is -1.55. The molecular weight excluding hydrogens is 224 g/mol. The van der Waals surface area contributed by atoms with Crippen LogP contribution in [0, 0.1) is 0 Å². The molecule has 0 saturated carbocycles. The average Bonchev–Trinajstić information content (AvgIpc) is 2.77. The fraction of sp³-hybridized carbons (Fsp3) is 0.273. The summed E-state index contributed by atoms with van der Waals surface area (Å²) in [6.45, 7) is 1.76. The van der Waals surface area contributed by atoms with E-state index in [1.807, 2.05) is 29.1 Å². The average molecular weight is 237 g/mol. The van der Waals surface area contributed by atoms with Gasteiger partial charge in [-0.2, -0.15) is 5.10 Å². The normalized spacial score (nSPS) is 10.3. The Balaban J connectivity index is 1.72. The van der Waals surface area contributed by atoms with Crippen LogP contribution in [0.4, 0.5) is 5.82 Å². The van der Waals surface area contributed by atoms with Gasteiger partial charge in [0.25, 0.3) is 0 Å². The molecule has 0 radical (unpaired) electrons. The molecule has 0 spiro atoms. The van der Waals surface area contributed by atoms with Crippen molar-refractivity contribution in [3.8, 4) is 0 Å². The first-order chi connectivity index (χ1) is 7.84. The predicted molar refractivity (Wildman–Crippen MR) is 64.6 cm³/mol. The summed E-state index contributed by atoms with van der Waals surface area (Å²) < 4.78 is 1.91. The zero-order chi connectivity index (χ0) is 11.2. The SMILES string of the molecule is Clc1cccc(NCCCn2cccn2)n1. The number of rotatable bonds is 5. The maximum atomic E-state index is 5.77. The molecule has 0 unspecified atom stereocenters. The van der Waals surface area contributed by atoms with E-state index in [2.05, 4.69) is 15.4 Å². The van der Waals surface area contributed by atoms with Gasteiger partial charge in [-0.1, -0.05) is 17.7 Å².